The summed E-state index contributed by atoms with van der Waals surface area (Å²) in [5.74, 6) is -0.339. The van der Waals surface area contributed by atoms with Crippen molar-refractivity contribution in [2.45, 2.75) is 24.7 Å². The smallest absolute Gasteiger partial charge is 0.266 e. The maximum Gasteiger partial charge on any atom is 0.266 e. The largest absolute Gasteiger partial charge is 0.321 e. The number of nitrogens with one attached hydrogen (secondary N) is 3. The van der Waals surface area contributed by atoms with Crippen LogP contribution in [-0.2, 0) is 14.8 Å². The van der Waals surface area contributed by atoms with E-state index in [1.165, 1.54) is 23.5 Å². The molecule has 0 spiro atoms. The number of hydrogen-bond acceptors (Lipinski definition) is 5. The van der Waals surface area contributed by atoms with Gasteiger partial charge in [0.1, 0.15) is 0 Å². The van der Waals surface area contributed by atoms with E-state index >= 15 is 0 Å². The lowest BCUT2D eigenvalue weighted by molar-refractivity contribution is -0.117. The lowest BCUT2D eigenvalue weighted by Crippen LogP contribution is -2.15. The quantitative estimate of drug-likeness (QED) is 0.428. The molecule has 1 aliphatic rings. The van der Waals surface area contributed by atoms with Gasteiger partial charge in [-0.2, -0.15) is 0 Å². The first kappa shape index (κ1) is 22.3. The van der Waals surface area contributed by atoms with Crippen molar-refractivity contribution in [2.75, 3.05) is 15.4 Å². The van der Waals surface area contributed by atoms with Crippen LogP contribution >= 0.6 is 22.9 Å². The van der Waals surface area contributed by atoms with Crippen molar-refractivity contribution in [1.82, 2.24) is 0 Å². The molecule has 0 aliphatic heterocycles. The number of amides is 2. The fourth-order valence-corrected chi connectivity index (χ4v) is 5.35. The molecule has 2 amide bonds. The molecule has 7 nitrogen and oxygen atoms in total. The van der Waals surface area contributed by atoms with Crippen molar-refractivity contribution >= 4 is 61.2 Å². The predicted molar refractivity (Wildman–Crippen MR) is 127 cm³/mol. The van der Waals surface area contributed by atoms with E-state index in [-0.39, 0.29) is 33.3 Å². The van der Waals surface area contributed by atoms with Crippen LogP contribution in [-0.4, -0.2) is 20.2 Å². The highest BCUT2D eigenvalue weighted by Gasteiger charge is 2.30. The zero-order valence-electron chi connectivity index (χ0n) is 17.0. The summed E-state index contributed by atoms with van der Waals surface area (Å²) in [5.41, 5.74) is 1.31. The maximum atomic E-state index is 12.8. The van der Waals surface area contributed by atoms with Gasteiger partial charge in [-0.15, -0.1) is 11.3 Å². The van der Waals surface area contributed by atoms with Gasteiger partial charge in [0.2, 0.25) is 5.91 Å². The van der Waals surface area contributed by atoms with Crippen LogP contribution in [0.3, 0.4) is 0 Å². The molecule has 10 heteroatoms. The number of anilines is 3. The number of halogens is 1. The Hall–Kier alpha value is -2.88. The Morgan fingerprint density at radius 2 is 1.78 bits per heavy atom. The van der Waals surface area contributed by atoms with Crippen LogP contribution in [0.5, 0.6) is 0 Å². The first-order valence-corrected chi connectivity index (χ1v) is 12.5. The topological polar surface area (TPSA) is 104 Å². The number of para-hydroxylation sites is 1. The molecule has 166 valence electrons. The second-order valence-corrected chi connectivity index (χ2v) is 10.6. The maximum absolute atomic E-state index is 12.8. The number of hydrogen-bond donors (Lipinski definition) is 3. The van der Waals surface area contributed by atoms with E-state index in [1.54, 1.807) is 49.4 Å². The molecule has 3 aromatic rings. The van der Waals surface area contributed by atoms with Gasteiger partial charge in [-0.25, -0.2) is 8.42 Å². The molecule has 1 heterocycles. The van der Waals surface area contributed by atoms with Gasteiger partial charge in [-0.1, -0.05) is 29.8 Å². The molecule has 0 bridgehead atoms. The summed E-state index contributed by atoms with van der Waals surface area (Å²) < 4.78 is 28.0. The summed E-state index contributed by atoms with van der Waals surface area (Å²) in [6.45, 7) is 1.78. The lowest BCUT2D eigenvalue weighted by atomic mass is 10.2. The zero-order chi connectivity index (χ0) is 22.9. The van der Waals surface area contributed by atoms with Crippen molar-refractivity contribution in [1.29, 1.82) is 0 Å². The van der Waals surface area contributed by atoms with Crippen molar-refractivity contribution in [3.05, 3.63) is 70.1 Å². The molecular weight excluding hydrogens is 470 g/mol. The highest BCUT2D eigenvalue weighted by atomic mass is 35.5. The van der Waals surface area contributed by atoms with E-state index in [0.717, 1.165) is 18.4 Å². The minimum absolute atomic E-state index is 0.0180. The van der Waals surface area contributed by atoms with Gasteiger partial charge in [0.15, 0.2) is 0 Å². The van der Waals surface area contributed by atoms with Crippen LogP contribution in [0.1, 0.15) is 28.1 Å². The number of rotatable bonds is 7. The fraction of sp³-hybridized carbons (Fsp3) is 0.182. The van der Waals surface area contributed by atoms with Crippen LogP contribution in [0, 0.1) is 12.8 Å². The molecule has 0 radical (unpaired) electrons. The minimum Gasteiger partial charge on any atom is -0.321 e. The van der Waals surface area contributed by atoms with Crippen LogP contribution in [0.4, 0.5) is 16.4 Å². The number of carbonyl (C=O) groups excluding carboxylic acids is 2. The highest BCUT2D eigenvalue weighted by molar-refractivity contribution is 7.92. The molecule has 4 rings (SSSR count). The predicted octanol–water partition coefficient (Wildman–Crippen LogP) is 5.11. The second-order valence-electron chi connectivity index (χ2n) is 7.45. The summed E-state index contributed by atoms with van der Waals surface area (Å²) in [6, 6.07) is 14.2. The number of thiophene rings is 1. The summed E-state index contributed by atoms with van der Waals surface area (Å²) in [7, 11) is -3.91. The minimum atomic E-state index is -3.91. The third-order valence-corrected chi connectivity index (χ3v) is 7.68. The van der Waals surface area contributed by atoms with E-state index in [2.05, 4.69) is 15.4 Å². The Balaban J connectivity index is 1.49. The lowest BCUT2D eigenvalue weighted by Gasteiger charge is -2.11. The monoisotopic (exact) mass is 489 g/mol. The first-order valence-electron chi connectivity index (χ1n) is 9.83. The standard InChI is InChI=1S/C22H20ClN3O4S2/c1-13-11-19(25-21(27)14-9-10-14)31-20(13)22(28)24-15-5-4-6-16(12-15)32(29,30)26-18-8-3-2-7-17(18)23/h2-8,11-12,14,26H,9-10H2,1H3,(H,24,28)(H,25,27). The fourth-order valence-electron chi connectivity index (χ4n) is 3.01. The zero-order valence-corrected chi connectivity index (χ0v) is 19.4. The van der Waals surface area contributed by atoms with Gasteiger partial charge in [-0.3, -0.25) is 14.3 Å². The molecule has 1 aliphatic carbocycles. The average Bonchev–Trinajstić information content (AvgIpc) is 3.53. The molecular formula is C22H20ClN3O4S2. The summed E-state index contributed by atoms with van der Waals surface area (Å²) in [4.78, 5) is 25.2. The third-order valence-electron chi connectivity index (χ3n) is 4.84. The van der Waals surface area contributed by atoms with Crippen LogP contribution in [0.2, 0.25) is 5.02 Å². The highest BCUT2D eigenvalue weighted by Crippen LogP contribution is 2.33. The Kier molecular flexibility index (Phi) is 6.23. The summed E-state index contributed by atoms with van der Waals surface area (Å²) in [5, 5.41) is 6.46. The van der Waals surface area contributed by atoms with E-state index in [0.29, 0.717) is 15.6 Å². The molecule has 0 saturated heterocycles. The molecule has 0 atom stereocenters. The molecule has 2 aromatic carbocycles. The Labute approximate surface area is 194 Å². The molecule has 3 N–H and O–H groups in total. The Morgan fingerprint density at radius 1 is 1.03 bits per heavy atom. The van der Waals surface area contributed by atoms with Crippen LogP contribution in [0.25, 0.3) is 0 Å². The third kappa shape index (κ3) is 5.12. The molecule has 1 aromatic heterocycles. The molecule has 1 fully saturated rings. The first-order chi connectivity index (χ1) is 15.2. The van der Waals surface area contributed by atoms with Crippen molar-refractivity contribution in [2.24, 2.45) is 5.92 Å². The van der Waals surface area contributed by atoms with Crippen LogP contribution in [0.15, 0.2) is 59.5 Å². The van der Waals surface area contributed by atoms with Crippen molar-refractivity contribution in [3.8, 4) is 0 Å². The van der Waals surface area contributed by atoms with Crippen molar-refractivity contribution in [3.63, 3.8) is 0 Å². The normalized spacial score (nSPS) is 13.4. The van der Waals surface area contributed by atoms with Gasteiger partial charge < -0.3 is 10.6 Å². The summed E-state index contributed by atoms with van der Waals surface area (Å²) >= 11 is 7.23. The van der Waals surface area contributed by atoms with Gasteiger partial charge in [0, 0.05) is 11.6 Å². The van der Waals surface area contributed by atoms with Gasteiger partial charge >= 0.3 is 0 Å². The Bertz CT molecular complexity index is 1300. The van der Waals surface area contributed by atoms with Crippen LogP contribution < -0.4 is 15.4 Å². The summed E-state index contributed by atoms with van der Waals surface area (Å²) in [6.07, 6.45) is 1.79. The average molecular weight is 490 g/mol. The number of aryl methyl sites for hydroxylation is 1. The van der Waals surface area contributed by atoms with E-state index in [4.69, 9.17) is 11.6 Å². The van der Waals surface area contributed by atoms with E-state index in [9.17, 15) is 18.0 Å². The number of benzene rings is 2. The Morgan fingerprint density at radius 3 is 2.50 bits per heavy atom. The van der Waals surface area contributed by atoms with E-state index in [1.807, 2.05) is 0 Å². The molecule has 32 heavy (non-hydrogen) atoms. The second kappa shape index (κ2) is 8.93. The SMILES string of the molecule is Cc1cc(NC(=O)C2CC2)sc1C(=O)Nc1cccc(S(=O)(=O)Nc2ccccc2Cl)c1. The number of carbonyl (C=O) groups is 2. The molecule has 0 unspecified atom stereocenters. The number of sulfonamides is 1. The van der Waals surface area contributed by atoms with Gasteiger partial charge in [0.25, 0.3) is 15.9 Å². The molecule has 1 saturated carbocycles. The van der Waals surface area contributed by atoms with Gasteiger partial charge in [0.05, 0.1) is 25.5 Å². The van der Waals surface area contributed by atoms with E-state index < -0.39 is 10.0 Å². The van der Waals surface area contributed by atoms with Crippen molar-refractivity contribution < 1.29 is 18.0 Å². The van der Waals surface area contributed by atoms with Gasteiger partial charge in [-0.05, 0) is 61.7 Å².